The predicted octanol–water partition coefficient (Wildman–Crippen LogP) is 1.68. The second-order valence-electron chi connectivity index (χ2n) is 4.21. The molecule has 1 saturated carbocycles. The molecule has 0 radical (unpaired) electrons. The maximum absolute atomic E-state index is 12.2. The van der Waals surface area contributed by atoms with Crippen molar-refractivity contribution in [3.63, 3.8) is 0 Å². The summed E-state index contributed by atoms with van der Waals surface area (Å²) < 4.78 is 0. The predicted molar refractivity (Wildman–Crippen MR) is 63.0 cm³/mol. The molecular formula is C12H17N3O. The third-order valence-corrected chi connectivity index (χ3v) is 2.72. The lowest BCUT2D eigenvalue weighted by molar-refractivity contribution is 0.0737. The number of carbonyl (C=O) groups excluding carboxylic acids is 1. The topological polar surface area (TPSA) is 59.2 Å². The summed E-state index contributed by atoms with van der Waals surface area (Å²) in [6, 6.07) is 3.85. The van der Waals surface area contributed by atoms with Gasteiger partial charge >= 0.3 is 0 Å². The lowest BCUT2D eigenvalue weighted by Gasteiger charge is -2.21. The Hall–Kier alpha value is -1.58. The van der Waals surface area contributed by atoms with E-state index in [0.29, 0.717) is 17.4 Å². The number of amides is 1. The highest BCUT2D eigenvalue weighted by atomic mass is 16.2. The Kier molecular flexibility index (Phi) is 3.08. The zero-order valence-electron chi connectivity index (χ0n) is 9.52. The van der Waals surface area contributed by atoms with Crippen molar-refractivity contribution in [3.05, 3.63) is 24.0 Å². The fraction of sp³-hybridized carbons (Fsp3) is 0.500. The summed E-state index contributed by atoms with van der Waals surface area (Å²) in [6.45, 7) is 2.90. The first-order chi connectivity index (χ1) is 7.72. The number of anilines is 1. The van der Waals surface area contributed by atoms with Gasteiger partial charge in [0.1, 0.15) is 5.69 Å². The van der Waals surface area contributed by atoms with Gasteiger partial charge in [-0.25, -0.2) is 4.98 Å². The van der Waals surface area contributed by atoms with Gasteiger partial charge in [-0.05, 0) is 31.4 Å². The first kappa shape index (κ1) is 10.9. The van der Waals surface area contributed by atoms with Gasteiger partial charge in [-0.3, -0.25) is 4.79 Å². The summed E-state index contributed by atoms with van der Waals surface area (Å²) >= 11 is 0. The van der Waals surface area contributed by atoms with Gasteiger partial charge in [0.25, 0.3) is 5.91 Å². The summed E-state index contributed by atoms with van der Waals surface area (Å²) in [7, 11) is 0. The SMILES string of the molecule is CCCN(C(=O)c1ccc(N)cn1)C1CC1. The number of aromatic nitrogens is 1. The Morgan fingerprint density at radius 3 is 2.81 bits per heavy atom. The molecule has 1 aliphatic carbocycles. The van der Waals surface area contributed by atoms with Crippen LogP contribution in [0.15, 0.2) is 18.3 Å². The van der Waals surface area contributed by atoms with Crippen LogP contribution in [0.25, 0.3) is 0 Å². The molecule has 0 spiro atoms. The molecule has 1 aromatic rings. The highest BCUT2D eigenvalue weighted by Crippen LogP contribution is 2.28. The summed E-state index contributed by atoms with van der Waals surface area (Å²) in [5.74, 6) is 0.0318. The van der Waals surface area contributed by atoms with Gasteiger partial charge in [-0.15, -0.1) is 0 Å². The number of hydrogen-bond donors (Lipinski definition) is 1. The monoisotopic (exact) mass is 219 g/mol. The largest absolute Gasteiger partial charge is 0.397 e. The van der Waals surface area contributed by atoms with Gasteiger partial charge in [0, 0.05) is 12.6 Å². The molecule has 1 aliphatic rings. The summed E-state index contributed by atoms with van der Waals surface area (Å²) in [6.07, 6.45) is 4.77. The Bertz CT molecular complexity index is 370. The van der Waals surface area contributed by atoms with Crippen LogP contribution in [0.5, 0.6) is 0 Å². The second kappa shape index (κ2) is 4.51. The van der Waals surface area contributed by atoms with Gasteiger partial charge < -0.3 is 10.6 Å². The zero-order valence-corrected chi connectivity index (χ0v) is 9.52. The minimum Gasteiger partial charge on any atom is -0.397 e. The summed E-state index contributed by atoms with van der Waals surface area (Å²) in [5, 5.41) is 0. The van der Waals surface area contributed by atoms with Crippen molar-refractivity contribution in [3.8, 4) is 0 Å². The molecule has 1 amide bonds. The molecule has 1 heterocycles. The standard InChI is InChI=1S/C12H17N3O/c1-2-7-15(10-4-5-10)12(16)11-6-3-9(13)8-14-11/h3,6,8,10H,2,4-5,7,13H2,1H3. The molecule has 1 fully saturated rings. The minimum absolute atomic E-state index is 0.0318. The molecule has 2 rings (SSSR count). The molecule has 4 heteroatoms. The van der Waals surface area contributed by atoms with E-state index in [2.05, 4.69) is 11.9 Å². The van der Waals surface area contributed by atoms with Crippen molar-refractivity contribution < 1.29 is 4.79 Å². The first-order valence-corrected chi connectivity index (χ1v) is 5.75. The van der Waals surface area contributed by atoms with Crippen molar-refractivity contribution in [2.45, 2.75) is 32.2 Å². The van der Waals surface area contributed by atoms with Crippen LogP contribution < -0.4 is 5.73 Å². The van der Waals surface area contributed by atoms with Gasteiger partial charge in [-0.2, -0.15) is 0 Å². The van der Waals surface area contributed by atoms with Crippen LogP contribution in [-0.2, 0) is 0 Å². The molecule has 0 unspecified atom stereocenters. The molecule has 0 aliphatic heterocycles. The van der Waals surface area contributed by atoms with Gasteiger partial charge in [-0.1, -0.05) is 6.92 Å². The minimum atomic E-state index is 0.0318. The summed E-state index contributed by atoms with van der Waals surface area (Å²) in [4.78, 5) is 18.2. The molecule has 0 aromatic carbocycles. The molecule has 16 heavy (non-hydrogen) atoms. The maximum Gasteiger partial charge on any atom is 0.272 e. The van der Waals surface area contributed by atoms with Crippen molar-refractivity contribution in [2.24, 2.45) is 0 Å². The van der Waals surface area contributed by atoms with E-state index in [0.717, 1.165) is 25.8 Å². The number of nitrogens with two attached hydrogens (primary N) is 1. The van der Waals surface area contributed by atoms with Crippen molar-refractivity contribution in [2.75, 3.05) is 12.3 Å². The molecule has 0 atom stereocenters. The van der Waals surface area contributed by atoms with Crippen LogP contribution in [0, 0.1) is 0 Å². The molecule has 0 bridgehead atoms. The molecule has 1 aromatic heterocycles. The van der Waals surface area contributed by atoms with Gasteiger partial charge in [0.05, 0.1) is 11.9 Å². The Labute approximate surface area is 95.5 Å². The van der Waals surface area contributed by atoms with E-state index in [1.165, 1.54) is 6.20 Å². The maximum atomic E-state index is 12.2. The van der Waals surface area contributed by atoms with E-state index in [1.54, 1.807) is 12.1 Å². The lowest BCUT2D eigenvalue weighted by Crippen LogP contribution is -2.34. The zero-order chi connectivity index (χ0) is 11.5. The lowest BCUT2D eigenvalue weighted by atomic mass is 10.3. The average Bonchev–Trinajstić information content (AvgIpc) is 3.10. The van der Waals surface area contributed by atoms with Gasteiger partial charge in [0.2, 0.25) is 0 Å². The highest BCUT2D eigenvalue weighted by Gasteiger charge is 2.32. The van der Waals surface area contributed by atoms with Crippen LogP contribution in [-0.4, -0.2) is 28.4 Å². The Balaban J connectivity index is 2.12. The van der Waals surface area contributed by atoms with E-state index in [4.69, 9.17) is 5.73 Å². The average molecular weight is 219 g/mol. The van der Waals surface area contributed by atoms with Crippen LogP contribution in [0.4, 0.5) is 5.69 Å². The van der Waals surface area contributed by atoms with Gasteiger partial charge in [0.15, 0.2) is 0 Å². The van der Waals surface area contributed by atoms with Crippen molar-refractivity contribution in [1.29, 1.82) is 0 Å². The highest BCUT2D eigenvalue weighted by molar-refractivity contribution is 5.92. The number of hydrogen-bond acceptors (Lipinski definition) is 3. The van der Waals surface area contributed by atoms with Crippen molar-refractivity contribution >= 4 is 11.6 Å². The Morgan fingerprint density at radius 2 is 2.31 bits per heavy atom. The van der Waals surface area contributed by atoms with E-state index < -0.39 is 0 Å². The molecule has 4 nitrogen and oxygen atoms in total. The van der Waals surface area contributed by atoms with Crippen LogP contribution >= 0.6 is 0 Å². The Morgan fingerprint density at radius 1 is 1.56 bits per heavy atom. The third kappa shape index (κ3) is 2.32. The van der Waals surface area contributed by atoms with Crippen LogP contribution in [0.3, 0.4) is 0 Å². The smallest absolute Gasteiger partial charge is 0.272 e. The molecule has 2 N–H and O–H groups in total. The molecule has 0 saturated heterocycles. The quantitative estimate of drug-likeness (QED) is 0.838. The third-order valence-electron chi connectivity index (χ3n) is 2.72. The number of rotatable bonds is 4. The second-order valence-corrected chi connectivity index (χ2v) is 4.21. The van der Waals surface area contributed by atoms with E-state index in [9.17, 15) is 4.79 Å². The normalized spacial score (nSPS) is 14.8. The van der Waals surface area contributed by atoms with E-state index in [-0.39, 0.29) is 5.91 Å². The molecule has 86 valence electrons. The number of pyridine rings is 1. The number of nitrogens with zero attached hydrogens (tertiary/aromatic N) is 2. The van der Waals surface area contributed by atoms with E-state index >= 15 is 0 Å². The molecular weight excluding hydrogens is 202 g/mol. The number of nitrogen functional groups attached to an aromatic ring is 1. The fourth-order valence-electron chi connectivity index (χ4n) is 1.76. The fourth-order valence-corrected chi connectivity index (χ4v) is 1.76. The summed E-state index contributed by atoms with van der Waals surface area (Å²) in [5.41, 5.74) is 6.63. The van der Waals surface area contributed by atoms with Crippen molar-refractivity contribution in [1.82, 2.24) is 9.88 Å². The van der Waals surface area contributed by atoms with E-state index in [1.807, 2.05) is 4.90 Å². The number of carbonyl (C=O) groups is 1. The van der Waals surface area contributed by atoms with Crippen LogP contribution in [0.2, 0.25) is 0 Å². The first-order valence-electron chi connectivity index (χ1n) is 5.75. The van der Waals surface area contributed by atoms with Crippen LogP contribution in [0.1, 0.15) is 36.7 Å².